The van der Waals surface area contributed by atoms with E-state index in [4.69, 9.17) is 0 Å². The molecule has 1 N–H and O–H groups in total. The molecule has 0 aliphatic heterocycles. The molecule has 1 atom stereocenters. The van der Waals surface area contributed by atoms with Crippen LogP contribution < -0.4 is 0 Å². The van der Waals surface area contributed by atoms with E-state index in [1.165, 1.54) is 0 Å². The summed E-state index contributed by atoms with van der Waals surface area (Å²) in [6, 6.07) is 0. The van der Waals surface area contributed by atoms with Crippen LogP contribution in [0.5, 0.6) is 0 Å². The normalized spacial score (nSPS) is 37.8. The Bertz CT molecular complexity index is 222. The van der Waals surface area contributed by atoms with E-state index >= 15 is 0 Å². The van der Waals surface area contributed by atoms with Crippen molar-refractivity contribution in [2.45, 2.75) is 49.0 Å². The van der Waals surface area contributed by atoms with E-state index in [9.17, 15) is 13.9 Å². The zero-order chi connectivity index (χ0) is 9.74. The highest BCUT2D eigenvalue weighted by Gasteiger charge is 2.67. The number of rotatable bonds is 1. The molecule has 0 aromatic heterocycles. The lowest BCUT2D eigenvalue weighted by atomic mass is 9.60. The van der Waals surface area contributed by atoms with Crippen LogP contribution in [0, 0.1) is 5.41 Å². The van der Waals surface area contributed by atoms with E-state index in [-0.39, 0.29) is 6.42 Å². The maximum atomic E-state index is 13.2. The first kappa shape index (κ1) is 9.84. The Morgan fingerprint density at radius 3 is 1.85 bits per heavy atom. The summed E-state index contributed by atoms with van der Waals surface area (Å²) in [6.45, 7) is 0. The summed E-state index contributed by atoms with van der Waals surface area (Å²) in [5.74, 6) is 0. The van der Waals surface area contributed by atoms with Crippen LogP contribution in [-0.4, -0.2) is 15.5 Å². The Balaban J connectivity index is 2.30. The van der Waals surface area contributed by atoms with Crippen molar-refractivity contribution in [3.8, 4) is 0 Å². The molecule has 2 aliphatic carbocycles. The van der Waals surface area contributed by atoms with E-state index in [0.717, 1.165) is 32.1 Å². The zero-order valence-corrected chi connectivity index (χ0v) is 8.91. The van der Waals surface area contributed by atoms with Gasteiger partial charge in [0.2, 0.25) is 0 Å². The predicted octanol–water partition coefficient (Wildman–Crippen LogP) is 3.06. The number of alkyl halides is 3. The molecule has 2 aliphatic rings. The fraction of sp³-hybridized carbons (Fsp3) is 1.00. The van der Waals surface area contributed by atoms with Gasteiger partial charge in [-0.1, -0.05) is 6.42 Å². The summed E-state index contributed by atoms with van der Waals surface area (Å²) in [7, 11) is 0. The lowest BCUT2D eigenvalue weighted by molar-refractivity contribution is -0.198. The van der Waals surface area contributed by atoms with Crippen LogP contribution in [0.3, 0.4) is 0 Å². The lowest BCUT2D eigenvalue weighted by Gasteiger charge is -2.50. The molecule has 0 radical (unpaired) electrons. The maximum absolute atomic E-state index is 13.2. The molecule has 0 amide bonds. The monoisotopic (exact) mass is 254 g/mol. The van der Waals surface area contributed by atoms with Gasteiger partial charge in [0.15, 0.2) is 0 Å². The molecule has 2 saturated carbocycles. The molecule has 13 heavy (non-hydrogen) atoms. The largest absolute Gasteiger partial charge is 0.382 e. The second-order valence-corrected chi connectivity index (χ2v) is 5.34. The van der Waals surface area contributed by atoms with Gasteiger partial charge in [0.25, 0.3) is 0 Å². The zero-order valence-electron chi connectivity index (χ0n) is 7.32. The molecule has 2 fully saturated rings. The minimum Gasteiger partial charge on any atom is -0.382 e. The van der Waals surface area contributed by atoms with Gasteiger partial charge in [-0.25, -0.2) is 0 Å². The van der Waals surface area contributed by atoms with Crippen molar-refractivity contribution in [1.82, 2.24) is 0 Å². The van der Waals surface area contributed by atoms with E-state index in [2.05, 4.69) is 15.9 Å². The van der Waals surface area contributed by atoms with Gasteiger partial charge in [-0.3, -0.25) is 0 Å². The summed E-state index contributed by atoms with van der Waals surface area (Å²) in [4.78, 5) is -3.13. The van der Waals surface area contributed by atoms with Crippen LogP contribution in [0.25, 0.3) is 0 Å². The van der Waals surface area contributed by atoms with Gasteiger partial charge in [-0.05, 0) is 48.0 Å². The van der Waals surface area contributed by atoms with Crippen LogP contribution in [-0.2, 0) is 0 Å². The van der Waals surface area contributed by atoms with Crippen molar-refractivity contribution in [3.63, 3.8) is 0 Å². The Labute approximate surface area is 84.6 Å². The van der Waals surface area contributed by atoms with Gasteiger partial charge < -0.3 is 5.11 Å². The molecular formula is C9H13BrF2O. The molecule has 0 bridgehead atoms. The van der Waals surface area contributed by atoms with Gasteiger partial charge in [0.1, 0.15) is 5.60 Å². The second-order valence-electron chi connectivity index (χ2n) is 4.35. The van der Waals surface area contributed by atoms with Gasteiger partial charge in [0.05, 0.1) is 0 Å². The van der Waals surface area contributed by atoms with Crippen LogP contribution in [0.2, 0.25) is 0 Å². The molecule has 1 nitrogen and oxygen atoms in total. The lowest BCUT2D eigenvalue weighted by Crippen LogP contribution is -2.57. The highest BCUT2D eigenvalue weighted by Crippen LogP contribution is 2.64. The van der Waals surface area contributed by atoms with Crippen molar-refractivity contribution < 1.29 is 13.9 Å². The number of halogens is 3. The first-order chi connectivity index (χ1) is 5.91. The average Bonchev–Trinajstić information content (AvgIpc) is 2.25. The minimum absolute atomic E-state index is 0.227. The Kier molecular flexibility index (Phi) is 2.01. The van der Waals surface area contributed by atoms with Crippen molar-refractivity contribution in [2.24, 2.45) is 5.41 Å². The maximum Gasteiger partial charge on any atom is 0.329 e. The fourth-order valence-corrected chi connectivity index (χ4v) is 3.48. The second kappa shape index (κ2) is 2.66. The fourth-order valence-electron chi connectivity index (χ4n) is 2.86. The van der Waals surface area contributed by atoms with Crippen molar-refractivity contribution in [1.29, 1.82) is 0 Å². The smallest absolute Gasteiger partial charge is 0.329 e. The molecule has 1 unspecified atom stereocenters. The Morgan fingerprint density at radius 2 is 1.54 bits per heavy atom. The standard InChI is InChI=1S/C9H13BrF2O/c10-9(11,12)8(13)6-2-5-7(8)3-1-4-7/h13H,1-6H2. The molecule has 76 valence electrons. The molecule has 0 heterocycles. The topological polar surface area (TPSA) is 20.2 Å². The van der Waals surface area contributed by atoms with Crippen LogP contribution in [0.1, 0.15) is 38.5 Å². The van der Waals surface area contributed by atoms with Crippen molar-refractivity contribution in [3.05, 3.63) is 0 Å². The summed E-state index contributed by atoms with van der Waals surface area (Å²) in [5, 5.41) is 10.0. The van der Waals surface area contributed by atoms with Gasteiger partial charge in [-0.2, -0.15) is 8.78 Å². The first-order valence-electron chi connectivity index (χ1n) is 4.70. The molecular weight excluding hydrogens is 242 g/mol. The Morgan fingerprint density at radius 1 is 1.08 bits per heavy atom. The van der Waals surface area contributed by atoms with E-state index in [1.807, 2.05) is 0 Å². The summed E-state index contributed by atoms with van der Waals surface area (Å²) < 4.78 is 26.4. The molecule has 4 heteroatoms. The summed E-state index contributed by atoms with van der Waals surface area (Å²) in [5.41, 5.74) is -2.28. The van der Waals surface area contributed by atoms with E-state index in [1.54, 1.807) is 0 Å². The van der Waals surface area contributed by atoms with Crippen LogP contribution in [0.15, 0.2) is 0 Å². The van der Waals surface area contributed by atoms with Gasteiger partial charge in [0, 0.05) is 5.41 Å². The quantitative estimate of drug-likeness (QED) is 0.714. The molecule has 0 aromatic rings. The molecule has 0 aromatic carbocycles. The average molecular weight is 255 g/mol. The van der Waals surface area contributed by atoms with Gasteiger partial charge in [-0.15, -0.1) is 0 Å². The summed E-state index contributed by atoms with van der Waals surface area (Å²) >= 11 is 2.33. The molecule has 1 spiro atoms. The van der Waals surface area contributed by atoms with Gasteiger partial charge >= 0.3 is 4.83 Å². The predicted molar refractivity (Wildman–Crippen MR) is 49.0 cm³/mol. The minimum atomic E-state index is -3.13. The number of hydrogen-bond acceptors (Lipinski definition) is 1. The highest BCUT2D eigenvalue weighted by atomic mass is 79.9. The SMILES string of the molecule is OC1(C(F)(F)Br)CCCC12CCC2. The first-order valence-corrected chi connectivity index (χ1v) is 5.50. The Hall–Kier alpha value is 0.300. The van der Waals surface area contributed by atoms with E-state index < -0.39 is 15.8 Å². The van der Waals surface area contributed by atoms with Crippen LogP contribution >= 0.6 is 15.9 Å². The number of hydrogen-bond donors (Lipinski definition) is 1. The van der Waals surface area contributed by atoms with Crippen LogP contribution in [0.4, 0.5) is 8.78 Å². The summed E-state index contributed by atoms with van der Waals surface area (Å²) in [6.07, 6.45) is 4.19. The van der Waals surface area contributed by atoms with E-state index in [0.29, 0.717) is 0 Å². The number of aliphatic hydroxyl groups is 1. The third-order valence-corrected chi connectivity index (χ3v) is 4.51. The van der Waals surface area contributed by atoms with Crippen molar-refractivity contribution in [2.75, 3.05) is 0 Å². The van der Waals surface area contributed by atoms with Crippen molar-refractivity contribution >= 4 is 15.9 Å². The highest BCUT2D eigenvalue weighted by molar-refractivity contribution is 9.10. The molecule has 0 saturated heterocycles. The third kappa shape index (κ3) is 1.11. The molecule has 2 rings (SSSR count). The third-order valence-electron chi connectivity index (χ3n) is 3.85.